The van der Waals surface area contributed by atoms with Crippen LogP contribution in [0.15, 0.2) is 24.3 Å². The highest BCUT2D eigenvalue weighted by Crippen LogP contribution is 2.16. The van der Waals surface area contributed by atoms with E-state index >= 15 is 0 Å². The molecule has 0 aliphatic heterocycles. The van der Waals surface area contributed by atoms with Gasteiger partial charge in [0.05, 0.1) is 5.56 Å². The van der Waals surface area contributed by atoms with Gasteiger partial charge in [0.25, 0.3) is 0 Å². The van der Waals surface area contributed by atoms with Gasteiger partial charge in [-0.3, -0.25) is 0 Å². The summed E-state index contributed by atoms with van der Waals surface area (Å²) < 4.78 is 0. The third-order valence-electron chi connectivity index (χ3n) is 1.71. The smallest absolute Gasteiger partial charge is 0.335 e. The number of hydrogen-bond donors (Lipinski definition) is 1. The number of aromatic carboxylic acids is 1. The second-order valence-corrected chi connectivity index (χ2v) is 3.87. The molecule has 13 heavy (non-hydrogen) atoms. The summed E-state index contributed by atoms with van der Waals surface area (Å²) in [5, 5.41) is 8.86. The molecule has 0 unspecified atom stereocenters. The maximum atomic E-state index is 10.8. The van der Waals surface area contributed by atoms with E-state index in [2.05, 4.69) is 6.92 Å². The van der Waals surface area contributed by atoms with E-state index in [0.717, 1.165) is 17.1 Å². The third-order valence-corrected chi connectivity index (χ3v) is 2.63. The lowest BCUT2D eigenvalue weighted by Crippen LogP contribution is -2.00. The lowest BCUT2D eigenvalue weighted by molar-refractivity contribution is 0.0696. The molecule has 70 valence electrons. The molecule has 2 nitrogen and oxygen atoms in total. The molecule has 0 bridgehead atoms. The number of carboxylic acids is 1. The van der Waals surface area contributed by atoms with Gasteiger partial charge in [0.15, 0.2) is 0 Å². The second-order valence-electron chi connectivity index (χ2n) is 2.60. The summed E-state index contributed by atoms with van der Waals surface area (Å²) in [5.74, 6) is 0.944. The number of rotatable bonds is 4. The minimum absolute atomic E-state index is 0.420. The molecular formula is C10H12O2S. The van der Waals surface area contributed by atoms with Crippen molar-refractivity contribution in [3.05, 3.63) is 35.4 Å². The molecule has 0 saturated carbocycles. The Balaban J connectivity index is 2.84. The van der Waals surface area contributed by atoms with Crippen LogP contribution in [0.1, 0.15) is 22.8 Å². The zero-order valence-electron chi connectivity index (χ0n) is 7.49. The predicted octanol–water partition coefficient (Wildman–Crippen LogP) is 2.64. The van der Waals surface area contributed by atoms with Crippen molar-refractivity contribution in [1.29, 1.82) is 0 Å². The highest BCUT2D eigenvalue weighted by atomic mass is 32.2. The number of hydrogen-bond acceptors (Lipinski definition) is 2. The van der Waals surface area contributed by atoms with Crippen molar-refractivity contribution in [3.63, 3.8) is 0 Å². The van der Waals surface area contributed by atoms with Crippen LogP contribution in [0.5, 0.6) is 0 Å². The molecule has 0 saturated heterocycles. The van der Waals surface area contributed by atoms with Crippen LogP contribution < -0.4 is 0 Å². The summed E-state index contributed by atoms with van der Waals surface area (Å²) in [7, 11) is 0. The lowest BCUT2D eigenvalue weighted by atomic mass is 10.1. The fourth-order valence-electron chi connectivity index (χ4n) is 1.07. The third kappa shape index (κ3) is 2.77. The molecule has 0 heterocycles. The van der Waals surface area contributed by atoms with Gasteiger partial charge in [-0.25, -0.2) is 4.79 Å². The topological polar surface area (TPSA) is 37.3 Å². The highest BCUT2D eigenvalue weighted by Gasteiger charge is 2.07. The van der Waals surface area contributed by atoms with Crippen molar-refractivity contribution in [3.8, 4) is 0 Å². The van der Waals surface area contributed by atoms with Crippen LogP contribution in [0.25, 0.3) is 0 Å². The maximum Gasteiger partial charge on any atom is 0.335 e. The Morgan fingerprint density at radius 2 is 2.15 bits per heavy atom. The van der Waals surface area contributed by atoms with Crippen molar-refractivity contribution in [2.24, 2.45) is 0 Å². The normalized spacial score (nSPS) is 9.92. The van der Waals surface area contributed by atoms with E-state index in [1.165, 1.54) is 0 Å². The van der Waals surface area contributed by atoms with E-state index in [4.69, 9.17) is 5.11 Å². The minimum Gasteiger partial charge on any atom is -0.478 e. The van der Waals surface area contributed by atoms with Gasteiger partial charge in [0.2, 0.25) is 0 Å². The van der Waals surface area contributed by atoms with Crippen molar-refractivity contribution in [2.45, 2.75) is 12.7 Å². The van der Waals surface area contributed by atoms with Crippen LogP contribution in [0.2, 0.25) is 0 Å². The summed E-state index contributed by atoms with van der Waals surface area (Å²) in [6.45, 7) is 2.06. The average Bonchev–Trinajstić information content (AvgIpc) is 2.15. The fraction of sp³-hybridized carbons (Fsp3) is 0.300. The van der Waals surface area contributed by atoms with Crippen LogP contribution in [0.4, 0.5) is 0 Å². The minimum atomic E-state index is -0.840. The standard InChI is InChI=1S/C10H12O2S/c1-2-13-7-8-5-3-4-6-9(8)10(11)12/h3-6H,2,7H2,1H3,(H,11,12). The summed E-state index contributed by atoms with van der Waals surface area (Å²) in [5.41, 5.74) is 1.32. The molecule has 0 aliphatic carbocycles. The van der Waals surface area contributed by atoms with E-state index in [9.17, 15) is 4.79 Å². The fourth-order valence-corrected chi connectivity index (χ4v) is 1.74. The lowest BCUT2D eigenvalue weighted by Gasteiger charge is -2.03. The quantitative estimate of drug-likeness (QED) is 0.804. The first kappa shape index (κ1) is 10.1. The van der Waals surface area contributed by atoms with E-state index < -0.39 is 5.97 Å². The SMILES string of the molecule is CCSCc1ccccc1C(=O)O. The summed E-state index contributed by atoms with van der Waals surface area (Å²) in [6.07, 6.45) is 0. The maximum absolute atomic E-state index is 10.8. The van der Waals surface area contributed by atoms with Crippen LogP contribution in [0.3, 0.4) is 0 Å². The molecule has 0 aromatic heterocycles. The number of benzene rings is 1. The Morgan fingerprint density at radius 3 is 2.77 bits per heavy atom. The summed E-state index contributed by atoms with van der Waals surface area (Å²) in [4.78, 5) is 10.8. The van der Waals surface area contributed by atoms with Gasteiger partial charge in [0, 0.05) is 5.75 Å². The molecule has 1 aromatic rings. The molecule has 0 atom stereocenters. The van der Waals surface area contributed by atoms with Gasteiger partial charge in [-0.15, -0.1) is 0 Å². The van der Waals surface area contributed by atoms with E-state index in [1.54, 1.807) is 23.9 Å². The van der Waals surface area contributed by atoms with Crippen molar-refractivity contribution >= 4 is 17.7 Å². The molecule has 0 fully saturated rings. The first-order valence-electron chi connectivity index (χ1n) is 4.14. The molecular weight excluding hydrogens is 184 g/mol. The highest BCUT2D eigenvalue weighted by molar-refractivity contribution is 7.98. The van der Waals surface area contributed by atoms with E-state index in [0.29, 0.717) is 5.56 Å². The van der Waals surface area contributed by atoms with Gasteiger partial charge < -0.3 is 5.11 Å². The van der Waals surface area contributed by atoms with Crippen LogP contribution in [0, 0.1) is 0 Å². The summed E-state index contributed by atoms with van der Waals surface area (Å²) in [6, 6.07) is 7.14. The Hall–Kier alpha value is -0.960. The molecule has 1 aromatic carbocycles. The van der Waals surface area contributed by atoms with Crippen molar-refractivity contribution in [2.75, 3.05) is 5.75 Å². The zero-order valence-corrected chi connectivity index (χ0v) is 8.30. The van der Waals surface area contributed by atoms with Crippen LogP contribution in [-0.4, -0.2) is 16.8 Å². The number of carboxylic acid groups (broad SMARTS) is 1. The number of carbonyl (C=O) groups is 1. The first-order chi connectivity index (χ1) is 6.25. The molecule has 0 amide bonds. The molecule has 1 rings (SSSR count). The molecule has 1 N–H and O–H groups in total. The Kier molecular flexibility index (Phi) is 3.83. The van der Waals surface area contributed by atoms with E-state index in [-0.39, 0.29) is 0 Å². The van der Waals surface area contributed by atoms with Crippen molar-refractivity contribution < 1.29 is 9.90 Å². The van der Waals surface area contributed by atoms with Gasteiger partial charge >= 0.3 is 5.97 Å². The second kappa shape index (κ2) is 4.92. The predicted molar refractivity (Wildman–Crippen MR) is 55.2 cm³/mol. The summed E-state index contributed by atoms with van der Waals surface area (Å²) >= 11 is 1.73. The Labute approximate surface area is 82.0 Å². The number of thioether (sulfide) groups is 1. The molecule has 0 spiro atoms. The molecule has 0 radical (unpaired) electrons. The van der Waals surface area contributed by atoms with Gasteiger partial charge in [-0.1, -0.05) is 25.1 Å². The Morgan fingerprint density at radius 1 is 1.46 bits per heavy atom. The first-order valence-corrected chi connectivity index (χ1v) is 5.30. The van der Waals surface area contributed by atoms with Crippen LogP contribution >= 0.6 is 11.8 Å². The molecule has 0 aliphatic rings. The largest absolute Gasteiger partial charge is 0.478 e. The average molecular weight is 196 g/mol. The van der Waals surface area contributed by atoms with Gasteiger partial charge in [0.1, 0.15) is 0 Å². The zero-order chi connectivity index (χ0) is 9.68. The van der Waals surface area contributed by atoms with Gasteiger partial charge in [-0.2, -0.15) is 11.8 Å². The Bertz CT molecular complexity index is 297. The van der Waals surface area contributed by atoms with Crippen LogP contribution in [-0.2, 0) is 5.75 Å². The van der Waals surface area contributed by atoms with Gasteiger partial charge in [-0.05, 0) is 17.4 Å². The molecule has 3 heteroatoms. The van der Waals surface area contributed by atoms with Crippen molar-refractivity contribution in [1.82, 2.24) is 0 Å². The van der Waals surface area contributed by atoms with E-state index in [1.807, 2.05) is 12.1 Å². The monoisotopic (exact) mass is 196 g/mol.